The van der Waals surface area contributed by atoms with E-state index in [0.29, 0.717) is 0 Å². The Labute approximate surface area is 119 Å². The lowest BCUT2D eigenvalue weighted by Gasteiger charge is -2.29. The van der Waals surface area contributed by atoms with Gasteiger partial charge in [-0.3, -0.25) is 9.59 Å². The Morgan fingerprint density at radius 1 is 1.20 bits per heavy atom. The van der Waals surface area contributed by atoms with Gasteiger partial charge >= 0.3 is 5.97 Å². The molecule has 0 spiro atoms. The second-order valence-corrected chi connectivity index (χ2v) is 6.57. The van der Waals surface area contributed by atoms with E-state index < -0.39 is 11.9 Å². The summed E-state index contributed by atoms with van der Waals surface area (Å²) in [6, 6.07) is -0.0291. The number of hydrogen-bond donors (Lipinski definition) is 2. The third-order valence-corrected chi connectivity index (χ3v) is 5.40. The number of amides is 1. The molecule has 1 aliphatic heterocycles. The Hall–Kier alpha value is -1.10. The molecule has 2 saturated carbocycles. The summed E-state index contributed by atoms with van der Waals surface area (Å²) in [7, 11) is 0. The van der Waals surface area contributed by atoms with Crippen LogP contribution < -0.4 is 5.32 Å². The van der Waals surface area contributed by atoms with Crippen molar-refractivity contribution in [1.29, 1.82) is 0 Å². The molecule has 20 heavy (non-hydrogen) atoms. The SMILES string of the molecule is C[C@@H](NC(=O)[C@@H]1[C@H]2CC[C@@H](C2)[C@@H]1C(=O)O)[C@@H]1CCCO1. The van der Waals surface area contributed by atoms with Crippen molar-refractivity contribution >= 4 is 11.9 Å². The molecule has 2 N–H and O–H groups in total. The highest BCUT2D eigenvalue weighted by Crippen LogP contribution is 2.52. The van der Waals surface area contributed by atoms with Crippen LogP contribution in [0.4, 0.5) is 0 Å². The fourth-order valence-electron chi connectivity index (χ4n) is 4.43. The Kier molecular flexibility index (Phi) is 3.71. The van der Waals surface area contributed by atoms with Crippen LogP contribution >= 0.6 is 0 Å². The maximum absolute atomic E-state index is 12.5. The average molecular weight is 281 g/mol. The number of aliphatic carboxylic acids is 1. The molecule has 112 valence electrons. The van der Waals surface area contributed by atoms with Crippen molar-refractivity contribution in [2.45, 2.75) is 51.2 Å². The van der Waals surface area contributed by atoms with Crippen molar-refractivity contribution in [1.82, 2.24) is 5.32 Å². The van der Waals surface area contributed by atoms with Crippen LogP contribution in [0.15, 0.2) is 0 Å². The first kappa shape index (κ1) is 13.9. The number of carboxylic acids is 1. The molecular formula is C15H23NO4. The maximum Gasteiger partial charge on any atom is 0.307 e. The van der Waals surface area contributed by atoms with E-state index in [-0.39, 0.29) is 35.8 Å². The minimum atomic E-state index is -0.804. The van der Waals surface area contributed by atoms with Gasteiger partial charge in [-0.2, -0.15) is 0 Å². The van der Waals surface area contributed by atoms with Crippen molar-refractivity contribution in [2.24, 2.45) is 23.7 Å². The third-order valence-electron chi connectivity index (χ3n) is 5.40. The topological polar surface area (TPSA) is 75.6 Å². The Balaban J connectivity index is 1.65. The van der Waals surface area contributed by atoms with Crippen LogP contribution in [-0.4, -0.2) is 35.7 Å². The predicted molar refractivity (Wildman–Crippen MR) is 72.0 cm³/mol. The van der Waals surface area contributed by atoms with Gasteiger partial charge in [0.2, 0.25) is 5.91 Å². The molecule has 0 aromatic rings. The van der Waals surface area contributed by atoms with Crippen molar-refractivity contribution in [3.8, 4) is 0 Å². The number of carboxylic acid groups (broad SMARTS) is 1. The van der Waals surface area contributed by atoms with Crippen LogP contribution in [0, 0.1) is 23.7 Å². The van der Waals surface area contributed by atoms with Gasteiger partial charge in [-0.1, -0.05) is 0 Å². The van der Waals surface area contributed by atoms with E-state index >= 15 is 0 Å². The van der Waals surface area contributed by atoms with Gasteiger partial charge in [0.05, 0.1) is 24.0 Å². The van der Waals surface area contributed by atoms with Gasteiger partial charge in [0.1, 0.15) is 0 Å². The molecule has 0 aromatic heterocycles. The highest BCUT2D eigenvalue weighted by Gasteiger charge is 2.54. The molecule has 3 rings (SSSR count). The molecule has 0 radical (unpaired) electrons. The predicted octanol–water partition coefficient (Wildman–Crippen LogP) is 1.42. The molecule has 1 heterocycles. The van der Waals surface area contributed by atoms with Gasteiger partial charge in [-0.05, 0) is 50.9 Å². The molecule has 2 bridgehead atoms. The van der Waals surface area contributed by atoms with Crippen LogP contribution in [0.2, 0.25) is 0 Å². The van der Waals surface area contributed by atoms with E-state index in [1.54, 1.807) is 0 Å². The van der Waals surface area contributed by atoms with E-state index in [1.165, 1.54) is 0 Å². The van der Waals surface area contributed by atoms with E-state index in [1.807, 2.05) is 6.92 Å². The van der Waals surface area contributed by atoms with Gasteiger partial charge in [-0.25, -0.2) is 0 Å². The molecule has 0 aromatic carbocycles. The fourth-order valence-corrected chi connectivity index (χ4v) is 4.43. The number of hydrogen-bond acceptors (Lipinski definition) is 3. The van der Waals surface area contributed by atoms with E-state index in [0.717, 1.165) is 38.7 Å². The van der Waals surface area contributed by atoms with Crippen LogP contribution in [0.5, 0.6) is 0 Å². The standard InChI is InChI=1S/C15H23NO4/c1-8(11-3-2-6-20-11)16-14(17)12-9-4-5-10(7-9)13(12)15(18)19/h8-13H,2-7H2,1H3,(H,16,17)(H,18,19)/t8-,9+,10+,11+,12-,13+/m1/s1. The second-order valence-electron chi connectivity index (χ2n) is 6.57. The molecule has 6 atom stereocenters. The number of carbonyl (C=O) groups is 2. The van der Waals surface area contributed by atoms with E-state index in [4.69, 9.17) is 4.74 Å². The number of nitrogens with one attached hydrogen (secondary N) is 1. The smallest absolute Gasteiger partial charge is 0.307 e. The van der Waals surface area contributed by atoms with Crippen LogP contribution in [0.25, 0.3) is 0 Å². The lowest BCUT2D eigenvalue weighted by molar-refractivity contribution is -0.149. The summed E-state index contributed by atoms with van der Waals surface area (Å²) in [5, 5.41) is 12.4. The summed E-state index contributed by atoms with van der Waals surface area (Å²) in [6.45, 7) is 2.72. The Morgan fingerprint density at radius 2 is 1.90 bits per heavy atom. The number of rotatable bonds is 4. The zero-order chi connectivity index (χ0) is 14.3. The Bertz CT molecular complexity index is 405. The van der Waals surface area contributed by atoms with Crippen molar-refractivity contribution in [3.63, 3.8) is 0 Å². The number of carbonyl (C=O) groups excluding carboxylic acids is 1. The first-order valence-electron chi connectivity index (χ1n) is 7.72. The molecule has 1 saturated heterocycles. The molecule has 5 nitrogen and oxygen atoms in total. The quantitative estimate of drug-likeness (QED) is 0.817. The highest BCUT2D eigenvalue weighted by molar-refractivity contribution is 5.86. The molecule has 3 aliphatic rings. The minimum Gasteiger partial charge on any atom is -0.481 e. The van der Waals surface area contributed by atoms with Crippen LogP contribution in [-0.2, 0) is 14.3 Å². The zero-order valence-electron chi connectivity index (χ0n) is 11.9. The molecule has 0 unspecified atom stereocenters. The van der Waals surface area contributed by atoms with Crippen molar-refractivity contribution in [3.05, 3.63) is 0 Å². The van der Waals surface area contributed by atoms with Crippen molar-refractivity contribution in [2.75, 3.05) is 6.61 Å². The second kappa shape index (κ2) is 5.35. The van der Waals surface area contributed by atoms with Gasteiger partial charge in [0.15, 0.2) is 0 Å². The molecule has 3 fully saturated rings. The maximum atomic E-state index is 12.5. The first-order chi connectivity index (χ1) is 9.58. The normalized spacial score (nSPS) is 40.8. The van der Waals surface area contributed by atoms with Gasteiger partial charge in [-0.15, -0.1) is 0 Å². The number of ether oxygens (including phenoxy) is 1. The zero-order valence-corrected chi connectivity index (χ0v) is 11.9. The highest BCUT2D eigenvalue weighted by atomic mass is 16.5. The summed E-state index contributed by atoms with van der Waals surface area (Å²) in [4.78, 5) is 23.9. The van der Waals surface area contributed by atoms with Gasteiger partial charge in [0, 0.05) is 6.61 Å². The number of fused-ring (bicyclic) bond motifs is 2. The molecule has 2 aliphatic carbocycles. The lowest BCUT2D eigenvalue weighted by Crippen LogP contribution is -2.47. The van der Waals surface area contributed by atoms with Gasteiger partial charge in [0.25, 0.3) is 0 Å². The molecule has 5 heteroatoms. The molecule has 1 amide bonds. The summed E-state index contributed by atoms with van der Waals surface area (Å²) in [5.74, 6) is -1.24. The summed E-state index contributed by atoms with van der Waals surface area (Å²) in [6.07, 6.45) is 4.97. The van der Waals surface area contributed by atoms with Crippen molar-refractivity contribution < 1.29 is 19.4 Å². The van der Waals surface area contributed by atoms with Crippen LogP contribution in [0.3, 0.4) is 0 Å². The fraction of sp³-hybridized carbons (Fsp3) is 0.867. The Morgan fingerprint density at radius 3 is 2.50 bits per heavy atom. The summed E-state index contributed by atoms with van der Waals surface area (Å²) < 4.78 is 5.58. The minimum absolute atomic E-state index is 0.0291. The van der Waals surface area contributed by atoms with Gasteiger partial charge < -0.3 is 15.2 Å². The molecular weight excluding hydrogens is 258 g/mol. The summed E-state index contributed by atoms with van der Waals surface area (Å²) in [5.41, 5.74) is 0. The average Bonchev–Trinajstić information content (AvgIpc) is 3.13. The third kappa shape index (κ3) is 2.32. The summed E-state index contributed by atoms with van der Waals surface area (Å²) >= 11 is 0. The van der Waals surface area contributed by atoms with E-state index in [2.05, 4.69) is 5.32 Å². The van der Waals surface area contributed by atoms with E-state index in [9.17, 15) is 14.7 Å². The van der Waals surface area contributed by atoms with Crippen LogP contribution in [0.1, 0.15) is 39.0 Å². The lowest BCUT2D eigenvalue weighted by atomic mass is 9.78. The largest absolute Gasteiger partial charge is 0.481 e. The monoisotopic (exact) mass is 281 g/mol. The first-order valence-corrected chi connectivity index (χ1v) is 7.72.